The molecular weight excluding hydrogens is 284 g/mol. The van der Waals surface area contributed by atoms with Gasteiger partial charge < -0.3 is 15.3 Å². The minimum atomic E-state index is -0.847. The van der Waals surface area contributed by atoms with Gasteiger partial charge in [-0.15, -0.1) is 0 Å². The van der Waals surface area contributed by atoms with Gasteiger partial charge in [0.1, 0.15) is 6.04 Å². The number of nitrogens with one attached hydrogen (secondary N) is 1. The Morgan fingerprint density at radius 3 is 2.41 bits per heavy atom. The molecule has 1 saturated heterocycles. The molecule has 1 aliphatic carbocycles. The number of hydrogen-bond acceptors (Lipinski definition) is 3. The van der Waals surface area contributed by atoms with Crippen molar-refractivity contribution < 1.29 is 19.5 Å². The van der Waals surface area contributed by atoms with Crippen LogP contribution in [0.3, 0.4) is 0 Å². The summed E-state index contributed by atoms with van der Waals surface area (Å²) in [6.45, 7) is 6.77. The quantitative estimate of drug-likeness (QED) is 0.803. The van der Waals surface area contributed by atoms with Crippen molar-refractivity contribution in [3.63, 3.8) is 0 Å². The molecule has 22 heavy (non-hydrogen) atoms. The van der Waals surface area contributed by atoms with E-state index in [9.17, 15) is 14.4 Å². The zero-order chi connectivity index (χ0) is 16.5. The minimum Gasteiger partial charge on any atom is -0.481 e. The maximum atomic E-state index is 12.3. The predicted molar refractivity (Wildman–Crippen MR) is 81.1 cm³/mol. The molecule has 2 fully saturated rings. The topological polar surface area (TPSA) is 86.7 Å². The first-order valence-corrected chi connectivity index (χ1v) is 7.95. The van der Waals surface area contributed by atoms with E-state index < -0.39 is 17.4 Å². The average Bonchev–Trinajstić information content (AvgIpc) is 3.02. The van der Waals surface area contributed by atoms with Crippen LogP contribution in [0.2, 0.25) is 0 Å². The first-order valence-electron chi connectivity index (χ1n) is 7.95. The lowest BCUT2D eigenvalue weighted by Gasteiger charge is -2.27. The number of aliphatic carboxylic acids is 1. The Balaban J connectivity index is 1.91. The van der Waals surface area contributed by atoms with Gasteiger partial charge in [0.15, 0.2) is 0 Å². The van der Waals surface area contributed by atoms with Crippen LogP contribution in [0.25, 0.3) is 0 Å². The monoisotopic (exact) mass is 310 g/mol. The smallest absolute Gasteiger partial charge is 0.311 e. The van der Waals surface area contributed by atoms with Gasteiger partial charge in [0.25, 0.3) is 0 Å². The third-order valence-corrected chi connectivity index (χ3v) is 4.47. The molecule has 2 N–H and O–H groups in total. The minimum absolute atomic E-state index is 0.00418. The zero-order valence-corrected chi connectivity index (χ0v) is 13.6. The molecular formula is C16H26N2O4. The Morgan fingerprint density at radius 1 is 1.27 bits per heavy atom. The summed E-state index contributed by atoms with van der Waals surface area (Å²) < 4.78 is 0. The van der Waals surface area contributed by atoms with Crippen LogP contribution >= 0.6 is 0 Å². The standard InChI is InChI=1S/C16H26N2O4/c1-15(2,3)9-12(19)18-8-4-5-11(18)13(20)17-10-16(6-7-16)14(21)22/h11H,4-10H2,1-3H3,(H,17,20)(H,21,22). The van der Waals surface area contributed by atoms with Crippen molar-refractivity contribution in [3.8, 4) is 0 Å². The molecule has 1 saturated carbocycles. The fourth-order valence-electron chi connectivity index (χ4n) is 2.88. The normalized spacial score (nSPS) is 23.2. The second-order valence-electron chi connectivity index (χ2n) is 7.79. The van der Waals surface area contributed by atoms with Crippen LogP contribution in [0.1, 0.15) is 52.9 Å². The summed E-state index contributed by atoms with van der Waals surface area (Å²) in [4.78, 5) is 37.5. The molecule has 0 radical (unpaired) electrons. The van der Waals surface area contributed by atoms with E-state index in [-0.39, 0.29) is 23.8 Å². The summed E-state index contributed by atoms with van der Waals surface area (Å²) in [6.07, 6.45) is 3.11. The molecule has 1 atom stereocenters. The molecule has 0 aromatic carbocycles. The van der Waals surface area contributed by atoms with Crippen molar-refractivity contribution in [2.24, 2.45) is 10.8 Å². The van der Waals surface area contributed by atoms with E-state index in [1.165, 1.54) is 0 Å². The number of nitrogens with zero attached hydrogens (tertiary/aromatic N) is 1. The van der Waals surface area contributed by atoms with Crippen LogP contribution in [0.5, 0.6) is 0 Å². The van der Waals surface area contributed by atoms with E-state index in [2.05, 4.69) is 5.32 Å². The SMILES string of the molecule is CC(C)(C)CC(=O)N1CCCC1C(=O)NCC1(C(=O)O)CC1. The second-order valence-corrected chi connectivity index (χ2v) is 7.79. The number of carboxylic acids is 1. The molecule has 0 aromatic rings. The van der Waals surface area contributed by atoms with Gasteiger partial charge in [-0.05, 0) is 31.1 Å². The maximum Gasteiger partial charge on any atom is 0.311 e. The van der Waals surface area contributed by atoms with E-state index in [1.807, 2.05) is 20.8 Å². The maximum absolute atomic E-state index is 12.3. The van der Waals surface area contributed by atoms with E-state index in [1.54, 1.807) is 4.90 Å². The van der Waals surface area contributed by atoms with Crippen molar-refractivity contribution in [1.82, 2.24) is 10.2 Å². The molecule has 0 aromatic heterocycles. The largest absolute Gasteiger partial charge is 0.481 e. The molecule has 124 valence electrons. The highest BCUT2D eigenvalue weighted by molar-refractivity contribution is 5.89. The summed E-state index contributed by atoms with van der Waals surface area (Å²) in [7, 11) is 0. The summed E-state index contributed by atoms with van der Waals surface area (Å²) >= 11 is 0. The molecule has 6 heteroatoms. The zero-order valence-electron chi connectivity index (χ0n) is 13.6. The van der Waals surface area contributed by atoms with E-state index in [0.717, 1.165) is 6.42 Å². The molecule has 1 aliphatic heterocycles. The highest BCUT2D eigenvalue weighted by Crippen LogP contribution is 2.45. The van der Waals surface area contributed by atoms with Crippen molar-refractivity contribution in [1.29, 1.82) is 0 Å². The Kier molecular flexibility index (Phi) is 4.49. The van der Waals surface area contributed by atoms with Gasteiger partial charge in [-0.3, -0.25) is 14.4 Å². The number of hydrogen-bond donors (Lipinski definition) is 2. The van der Waals surface area contributed by atoms with Gasteiger partial charge in [-0.2, -0.15) is 0 Å². The summed E-state index contributed by atoms with van der Waals surface area (Å²) in [5.41, 5.74) is -0.878. The first-order chi connectivity index (χ1) is 10.1. The second kappa shape index (κ2) is 5.89. The van der Waals surface area contributed by atoms with Crippen molar-refractivity contribution in [2.45, 2.75) is 58.9 Å². The lowest BCUT2D eigenvalue weighted by molar-refractivity contribution is -0.144. The van der Waals surface area contributed by atoms with E-state index in [4.69, 9.17) is 5.11 Å². The molecule has 2 aliphatic rings. The van der Waals surface area contributed by atoms with Gasteiger partial charge in [-0.25, -0.2) is 0 Å². The summed E-state index contributed by atoms with van der Waals surface area (Å²) in [5.74, 6) is -1.06. The average molecular weight is 310 g/mol. The predicted octanol–water partition coefficient (Wildman–Crippen LogP) is 1.39. The molecule has 6 nitrogen and oxygen atoms in total. The molecule has 1 unspecified atom stereocenters. The molecule has 0 spiro atoms. The molecule has 0 bridgehead atoms. The Morgan fingerprint density at radius 2 is 1.91 bits per heavy atom. The van der Waals surface area contributed by atoms with Crippen LogP contribution < -0.4 is 5.32 Å². The van der Waals surface area contributed by atoms with Crippen LogP contribution in [0.4, 0.5) is 0 Å². The summed E-state index contributed by atoms with van der Waals surface area (Å²) in [5, 5.41) is 11.9. The first kappa shape index (κ1) is 16.8. The highest BCUT2D eigenvalue weighted by atomic mass is 16.4. The number of carbonyl (C=O) groups is 3. The lowest BCUT2D eigenvalue weighted by atomic mass is 9.91. The summed E-state index contributed by atoms with van der Waals surface area (Å²) in [6, 6.07) is -0.445. The fraction of sp³-hybridized carbons (Fsp3) is 0.812. The Hall–Kier alpha value is -1.59. The van der Waals surface area contributed by atoms with Crippen LogP contribution in [0, 0.1) is 10.8 Å². The number of likely N-dealkylation sites (tertiary alicyclic amines) is 1. The Labute approximate surface area is 131 Å². The molecule has 2 amide bonds. The van der Waals surface area contributed by atoms with Crippen LogP contribution in [-0.2, 0) is 14.4 Å². The number of carbonyl (C=O) groups excluding carboxylic acids is 2. The van der Waals surface area contributed by atoms with Gasteiger partial charge in [0.05, 0.1) is 5.41 Å². The Bertz CT molecular complexity index is 477. The number of carboxylic acid groups (broad SMARTS) is 1. The van der Waals surface area contributed by atoms with Crippen LogP contribution in [0.15, 0.2) is 0 Å². The fourth-order valence-corrected chi connectivity index (χ4v) is 2.88. The van der Waals surface area contributed by atoms with Gasteiger partial charge in [-0.1, -0.05) is 20.8 Å². The number of rotatable bonds is 5. The van der Waals surface area contributed by atoms with E-state index in [0.29, 0.717) is 32.2 Å². The third kappa shape index (κ3) is 3.78. The van der Waals surface area contributed by atoms with Crippen molar-refractivity contribution in [3.05, 3.63) is 0 Å². The van der Waals surface area contributed by atoms with Gasteiger partial charge >= 0.3 is 5.97 Å². The van der Waals surface area contributed by atoms with E-state index >= 15 is 0 Å². The third-order valence-electron chi connectivity index (χ3n) is 4.47. The lowest BCUT2D eigenvalue weighted by Crippen LogP contribution is -2.48. The van der Waals surface area contributed by atoms with Crippen LogP contribution in [-0.4, -0.2) is 46.9 Å². The highest BCUT2D eigenvalue weighted by Gasteiger charge is 2.50. The van der Waals surface area contributed by atoms with Gasteiger partial charge in [0, 0.05) is 19.5 Å². The van der Waals surface area contributed by atoms with Crippen molar-refractivity contribution in [2.75, 3.05) is 13.1 Å². The van der Waals surface area contributed by atoms with Gasteiger partial charge in [0.2, 0.25) is 11.8 Å². The van der Waals surface area contributed by atoms with Crippen molar-refractivity contribution >= 4 is 17.8 Å². The number of amides is 2. The molecule has 1 heterocycles. The molecule has 2 rings (SSSR count).